The van der Waals surface area contributed by atoms with Crippen molar-refractivity contribution in [1.82, 2.24) is 4.57 Å². The first-order chi connectivity index (χ1) is 9.08. The van der Waals surface area contributed by atoms with E-state index in [4.69, 9.17) is 5.73 Å². The van der Waals surface area contributed by atoms with Gasteiger partial charge in [0, 0.05) is 21.9 Å². The summed E-state index contributed by atoms with van der Waals surface area (Å²) in [7, 11) is 0. The summed E-state index contributed by atoms with van der Waals surface area (Å²) in [5.74, 6) is 0. The maximum absolute atomic E-state index is 6.25. The van der Waals surface area contributed by atoms with Crippen LogP contribution in [-0.4, -0.2) is 4.57 Å². The van der Waals surface area contributed by atoms with Gasteiger partial charge in [-0.05, 0) is 78.4 Å². The second-order valence-electron chi connectivity index (χ2n) is 5.48. The first-order valence-corrected chi connectivity index (χ1v) is 7.60. The molecule has 1 aromatic heterocycles. The van der Waals surface area contributed by atoms with Crippen LogP contribution in [0.5, 0.6) is 0 Å². The second-order valence-corrected chi connectivity index (χ2v) is 6.33. The van der Waals surface area contributed by atoms with Crippen molar-refractivity contribution in [3.8, 4) is 5.69 Å². The van der Waals surface area contributed by atoms with Crippen LogP contribution < -0.4 is 5.73 Å². The third-order valence-electron chi connectivity index (χ3n) is 3.99. The highest BCUT2D eigenvalue weighted by Crippen LogP contribution is 2.34. The summed E-state index contributed by atoms with van der Waals surface area (Å²) in [6.07, 6.45) is 3.41. The van der Waals surface area contributed by atoms with Gasteiger partial charge in [-0.2, -0.15) is 0 Å². The molecule has 2 N–H and O–H groups in total. The van der Waals surface area contributed by atoms with Crippen LogP contribution in [0.4, 0.5) is 0 Å². The number of rotatable bonds is 1. The Bertz CT molecular complexity index is 628. The average molecular weight is 319 g/mol. The van der Waals surface area contributed by atoms with Crippen LogP contribution in [0.25, 0.3) is 5.69 Å². The molecule has 3 heteroatoms. The molecule has 1 aromatic carbocycles. The van der Waals surface area contributed by atoms with Crippen molar-refractivity contribution in [2.75, 3.05) is 0 Å². The topological polar surface area (TPSA) is 30.9 Å². The number of hydrogen-bond acceptors (Lipinski definition) is 1. The standard InChI is InChI=1S/C16H19BrN2/c1-10-6-7-13(17)16(8-10)19-11(2)9-12-14(18)4-3-5-15(12)19/h6-9,14H,3-5,18H2,1-2H3. The minimum absolute atomic E-state index is 0.201. The van der Waals surface area contributed by atoms with Gasteiger partial charge in [0.15, 0.2) is 0 Å². The third-order valence-corrected chi connectivity index (χ3v) is 4.66. The fourth-order valence-electron chi connectivity index (χ4n) is 3.07. The van der Waals surface area contributed by atoms with E-state index in [-0.39, 0.29) is 6.04 Å². The Morgan fingerprint density at radius 2 is 2.05 bits per heavy atom. The Morgan fingerprint density at radius 3 is 2.84 bits per heavy atom. The molecule has 0 saturated carbocycles. The quantitative estimate of drug-likeness (QED) is 0.839. The van der Waals surface area contributed by atoms with Gasteiger partial charge in [0.25, 0.3) is 0 Å². The van der Waals surface area contributed by atoms with E-state index in [9.17, 15) is 0 Å². The summed E-state index contributed by atoms with van der Waals surface area (Å²) in [4.78, 5) is 0. The van der Waals surface area contributed by atoms with E-state index < -0.39 is 0 Å². The van der Waals surface area contributed by atoms with Crippen molar-refractivity contribution in [2.45, 2.75) is 39.2 Å². The summed E-state index contributed by atoms with van der Waals surface area (Å²) in [6, 6.07) is 8.95. The fourth-order valence-corrected chi connectivity index (χ4v) is 3.49. The van der Waals surface area contributed by atoms with E-state index in [1.807, 2.05) is 0 Å². The summed E-state index contributed by atoms with van der Waals surface area (Å²) >= 11 is 3.68. The number of hydrogen-bond donors (Lipinski definition) is 1. The minimum atomic E-state index is 0.201. The molecule has 2 aromatic rings. The maximum Gasteiger partial charge on any atom is 0.0599 e. The van der Waals surface area contributed by atoms with Crippen molar-refractivity contribution in [3.05, 3.63) is 51.3 Å². The number of fused-ring (bicyclic) bond motifs is 1. The summed E-state index contributed by atoms with van der Waals surface area (Å²) in [5.41, 5.74) is 12.8. The zero-order valence-electron chi connectivity index (χ0n) is 11.4. The van der Waals surface area contributed by atoms with Gasteiger partial charge in [0.05, 0.1) is 5.69 Å². The molecule has 0 bridgehead atoms. The van der Waals surface area contributed by atoms with E-state index >= 15 is 0 Å². The molecule has 1 heterocycles. The lowest BCUT2D eigenvalue weighted by atomic mass is 9.93. The predicted molar refractivity (Wildman–Crippen MR) is 82.8 cm³/mol. The van der Waals surface area contributed by atoms with Crippen LogP contribution in [0.1, 0.15) is 41.4 Å². The summed E-state index contributed by atoms with van der Waals surface area (Å²) in [6.45, 7) is 4.30. The van der Waals surface area contributed by atoms with Crippen LogP contribution in [0.3, 0.4) is 0 Å². The molecule has 0 saturated heterocycles. The molecule has 19 heavy (non-hydrogen) atoms. The molecule has 0 aliphatic heterocycles. The molecule has 3 rings (SSSR count). The zero-order chi connectivity index (χ0) is 13.6. The molecule has 1 atom stereocenters. The SMILES string of the molecule is Cc1ccc(Br)c(-n2c(C)cc3c2CCCC3N)c1. The van der Waals surface area contributed by atoms with Crippen LogP contribution in [0.2, 0.25) is 0 Å². The average Bonchev–Trinajstić information content (AvgIpc) is 2.70. The predicted octanol–water partition coefficient (Wildman–Crippen LogP) is 4.19. The Balaban J connectivity index is 2.23. The molecule has 0 amide bonds. The highest BCUT2D eigenvalue weighted by Gasteiger charge is 2.23. The summed E-state index contributed by atoms with van der Waals surface area (Å²) in [5, 5.41) is 0. The highest BCUT2D eigenvalue weighted by molar-refractivity contribution is 9.10. The van der Waals surface area contributed by atoms with Crippen molar-refractivity contribution in [3.63, 3.8) is 0 Å². The molecule has 1 aliphatic carbocycles. The smallest absolute Gasteiger partial charge is 0.0599 e. The first-order valence-electron chi connectivity index (χ1n) is 6.81. The van der Waals surface area contributed by atoms with Gasteiger partial charge in [-0.3, -0.25) is 0 Å². The molecule has 1 aliphatic rings. The third kappa shape index (κ3) is 2.15. The van der Waals surface area contributed by atoms with Gasteiger partial charge in [-0.25, -0.2) is 0 Å². The number of nitrogens with zero attached hydrogens (tertiary/aromatic N) is 1. The lowest BCUT2D eigenvalue weighted by molar-refractivity contribution is 0.560. The Labute approximate surface area is 122 Å². The van der Waals surface area contributed by atoms with E-state index in [0.29, 0.717) is 0 Å². The normalized spacial score (nSPS) is 18.4. The fraction of sp³-hybridized carbons (Fsp3) is 0.375. The van der Waals surface area contributed by atoms with E-state index in [1.54, 1.807) is 0 Å². The molecule has 100 valence electrons. The minimum Gasteiger partial charge on any atom is -0.324 e. The van der Waals surface area contributed by atoms with Gasteiger partial charge in [-0.15, -0.1) is 0 Å². The van der Waals surface area contributed by atoms with Gasteiger partial charge >= 0.3 is 0 Å². The number of aryl methyl sites for hydroxylation is 2. The number of benzene rings is 1. The molecule has 0 radical (unpaired) electrons. The van der Waals surface area contributed by atoms with Crippen LogP contribution >= 0.6 is 15.9 Å². The first kappa shape index (κ1) is 12.9. The number of nitrogens with two attached hydrogens (primary N) is 1. The molecular formula is C16H19BrN2. The maximum atomic E-state index is 6.25. The number of halogens is 1. The monoisotopic (exact) mass is 318 g/mol. The van der Waals surface area contributed by atoms with Gasteiger partial charge < -0.3 is 10.3 Å². The Hall–Kier alpha value is -1.06. The van der Waals surface area contributed by atoms with Crippen molar-refractivity contribution >= 4 is 15.9 Å². The zero-order valence-corrected chi connectivity index (χ0v) is 13.0. The Morgan fingerprint density at radius 1 is 1.26 bits per heavy atom. The Kier molecular flexibility index (Phi) is 3.27. The summed E-state index contributed by atoms with van der Waals surface area (Å²) < 4.78 is 3.50. The van der Waals surface area contributed by atoms with Gasteiger partial charge in [-0.1, -0.05) is 6.07 Å². The molecule has 1 unspecified atom stereocenters. The largest absolute Gasteiger partial charge is 0.324 e. The molecule has 0 spiro atoms. The molecular weight excluding hydrogens is 300 g/mol. The van der Waals surface area contributed by atoms with Gasteiger partial charge in [0.1, 0.15) is 0 Å². The van der Waals surface area contributed by atoms with E-state index in [2.05, 4.69) is 58.6 Å². The van der Waals surface area contributed by atoms with Crippen molar-refractivity contribution in [1.29, 1.82) is 0 Å². The highest BCUT2D eigenvalue weighted by atomic mass is 79.9. The van der Waals surface area contributed by atoms with Crippen LogP contribution in [-0.2, 0) is 6.42 Å². The van der Waals surface area contributed by atoms with Gasteiger partial charge in [0.2, 0.25) is 0 Å². The van der Waals surface area contributed by atoms with E-state index in [1.165, 1.54) is 34.6 Å². The number of aromatic nitrogens is 1. The lowest BCUT2D eigenvalue weighted by Crippen LogP contribution is -2.18. The van der Waals surface area contributed by atoms with Crippen LogP contribution in [0, 0.1) is 13.8 Å². The molecule has 2 nitrogen and oxygen atoms in total. The molecule has 0 fully saturated rings. The second kappa shape index (κ2) is 4.80. The van der Waals surface area contributed by atoms with Crippen molar-refractivity contribution in [2.24, 2.45) is 5.73 Å². The van der Waals surface area contributed by atoms with Crippen molar-refractivity contribution < 1.29 is 0 Å². The van der Waals surface area contributed by atoms with E-state index in [0.717, 1.165) is 17.3 Å². The lowest BCUT2D eigenvalue weighted by Gasteiger charge is -2.22. The van der Waals surface area contributed by atoms with Crippen LogP contribution in [0.15, 0.2) is 28.7 Å².